The minimum Gasteiger partial charge on any atom is -0.391 e. The van der Waals surface area contributed by atoms with Crippen LogP contribution in [0, 0.1) is 11.8 Å². The molecule has 2 rings (SSSR count). The number of hydrogen-bond acceptors (Lipinski definition) is 6. The summed E-state index contributed by atoms with van der Waals surface area (Å²) in [4.78, 5) is 23.8. The lowest BCUT2D eigenvalue weighted by atomic mass is 10.1. The molecule has 158 valence electrons. The van der Waals surface area contributed by atoms with Crippen molar-refractivity contribution in [2.45, 2.75) is 25.6 Å². The Hall–Kier alpha value is -3.22. The summed E-state index contributed by atoms with van der Waals surface area (Å²) in [7, 11) is 0. The van der Waals surface area contributed by atoms with Gasteiger partial charge in [-0.15, -0.1) is 0 Å². The summed E-state index contributed by atoms with van der Waals surface area (Å²) in [6.45, 7) is 3.46. The molecule has 0 unspecified atom stereocenters. The molecule has 2 aromatic rings. The molecule has 0 saturated heterocycles. The Morgan fingerprint density at radius 1 is 1.03 bits per heavy atom. The molecule has 2 amide bonds. The van der Waals surface area contributed by atoms with Gasteiger partial charge in [0.15, 0.2) is 0 Å². The molecule has 7 N–H and O–H groups in total. The number of carbonyl (C=O) groups excluding carboxylic acids is 2. The van der Waals surface area contributed by atoms with Crippen molar-refractivity contribution in [1.82, 2.24) is 16.1 Å². The number of carbonyl (C=O) groups is 2. The highest BCUT2D eigenvalue weighted by Gasteiger charge is 2.25. The molecule has 0 aliphatic rings. The monoisotopic (exact) mass is 410 g/mol. The summed E-state index contributed by atoms with van der Waals surface area (Å²) in [5.74, 6) is 4.65. The molecule has 0 aliphatic carbocycles. The smallest absolute Gasteiger partial charge is 0.268 e. The Labute approximate surface area is 175 Å². The van der Waals surface area contributed by atoms with Crippen LogP contribution in [0.4, 0.5) is 0 Å². The number of rotatable bonds is 8. The van der Waals surface area contributed by atoms with Crippen molar-refractivity contribution in [3.05, 3.63) is 70.8 Å². The second kappa shape index (κ2) is 11.7. The first-order valence-corrected chi connectivity index (χ1v) is 9.49. The lowest BCUT2D eigenvalue weighted by molar-refractivity contribution is -0.133. The molecule has 0 spiro atoms. The maximum atomic E-state index is 12.3. The maximum absolute atomic E-state index is 12.3. The van der Waals surface area contributed by atoms with Gasteiger partial charge in [0.1, 0.15) is 6.04 Å². The van der Waals surface area contributed by atoms with Crippen LogP contribution in [0.15, 0.2) is 48.5 Å². The van der Waals surface area contributed by atoms with Gasteiger partial charge in [0, 0.05) is 36.3 Å². The van der Waals surface area contributed by atoms with Crippen LogP contribution in [0.25, 0.3) is 0 Å². The molecule has 8 heteroatoms. The Kier molecular flexibility index (Phi) is 9.00. The number of hydrogen-bond donors (Lipinski definition) is 6. The molecule has 0 bridgehead atoms. The van der Waals surface area contributed by atoms with Crippen molar-refractivity contribution in [2.24, 2.45) is 5.73 Å². The van der Waals surface area contributed by atoms with Crippen LogP contribution in [0.2, 0.25) is 0 Å². The summed E-state index contributed by atoms with van der Waals surface area (Å²) < 4.78 is 0. The first-order chi connectivity index (χ1) is 14.4. The van der Waals surface area contributed by atoms with Gasteiger partial charge in [-0.1, -0.05) is 24.0 Å². The van der Waals surface area contributed by atoms with Crippen LogP contribution in [-0.4, -0.2) is 47.4 Å². The first-order valence-electron chi connectivity index (χ1n) is 9.49. The van der Waals surface area contributed by atoms with Gasteiger partial charge in [-0.2, -0.15) is 0 Å². The molecule has 2 atom stereocenters. The topological polar surface area (TPSA) is 137 Å². The Morgan fingerprint density at radius 2 is 1.60 bits per heavy atom. The maximum Gasteiger partial charge on any atom is 0.268 e. The summed E-state index contributed by atoms with van der Waals surface area (Å²) in [6.07, 6.45) is -1.17. The lowest BCUT2D eigenvalue weighted by Crippen LogP contribution is -2.51. The SMILES string of the molecule is C[C@@H](O)[C@H](NC(=O)c1ccc(C#Cc2ccc(CNCCN)cc2)cc1)C(=O)NO. The van der Waals surface area contributed by atoms with Gasteiger partial charge in [-0.25, -0.2) is 5.48 Å². The fourth-order valence-electron chi connectivity index (χ4n) is 2.59. The number of nitrogens with one attached hydrogen (secondary N) is 3. The molecule has 8 nitrogen and oxygen atoms in total. The Morgan fingerprint density at radius 3 is 2.10 bits per heavy atom. The highest BCUT2D eigenvalue weighted by Crippen LogP contribution is 2.07. The van der Waals surface area contributed by atoms with Crippen molar-refractivity contribution in [3.63, 3.8) is 0 Å². The average molecular weight is 410 g/mol. The molecule has 0 aliphatic heterocycles. The number of hydroxylamine groups is 1. The Balaban J connectivity index is 1.99. The molecule has 0 saturated carbocycles. The zero-order chi connectivity index (χ0) is 21.9. The molecular formula is C22H26N4O4. The van der Waals surface area contributed by atoms with E-state index in [-0.39, 0.29) is 0 Å². The number of amides is 2. The van der Waals surface area contributed by atoms with Crippen LogP contribution < -0.4 is 21.8 Å². The van der Waals surface area contributed by atoms with Crippen molar-refractivity contribution in [3.8, 4) is 11.8 Å². The standard InChI is InChI=1S/C22H26N4O4/c1-15(27)20(22(29)26-30)25-21(28)19-10-8-17(9-11-19)3-2-16-4-6-18(7-5-16)14-24-13-12-23/h4-11,15,20,24,27,30H,12-14,23H2,1H3,(H,25,28)(H,26,29)/t15-,20+/m1/s1. The van der Waals surface area contributed by atoms with Gasteiger partial charge in [0.05, 0.1) is 6.10 Å². The normalized spacial score (nSPS) is 12.3. The third kappa shape index (κ3) is 6.99. The third-order valence-electron chi connectivity index (χ3n) is 4.26. The predicted molar refractivity (Wildman–Crippen MR) is 112 cm³/mol. The van der Waals surface area contributed by atoms with Gasteiger partial charge in [-0.05, 0) is 48.9 Å². The van der Waals surface area contributed by atoms with Gasteiger partial charge in [0.25, 0.3) is 11.8 Å². The van der Waals surface area contributed by atoms with Crippen molar-refractivity contribution < 1.29 is 19.9 Å². The molecule has 0 radical (unpaired) electrons. The summed E-state index contributed by atoms with van der Waals surface area (Å²) in [5, 5.41) is 23.9. The molecule has 30 heavy (non-hydrogen) atoms. The lowest BCUT2D eigenvalue weighted by Gasteiger charge is -2.19. The predicted octanol–water partition coefficient (Wildman–Crippen LogP) is 0.119. The van der Waals surface area contributed by atoms with Gasteiger partial charge >= 0.3 is 0 Å². The number of benzene rings is 2. The molecule has 0 heterocycles. The van der Waals surface area contributed by atoms with Gasteiger partial charge in [-0.3, -0.25) is 14.8 Å². The summed E-state index contributed by atoms with van der Waals surface area (Å²) in [6, 6.07) is 13.1. The van der Waals surface area contributed by atoms with Crippen LogP contribution in [0.1, 0.15) is 34.0 Å². The highest BCUT2D eigenvalue weighted by molar-refractivity contribution is 5.97. The van der Waals surface area contributed by atoms with Gasteiger partial charge < -0.3 is 21.5 Å². The van der Waals surface area contributed by atoms with E-state index in [1.807, 2.05) is 24.3 Å². The third-order valence-corrected chi connectivity index (χ3v) is 4.26. The number of aliphatic hydroxyl groups is 1. The van der Waals surface area contributed by atoms with Crippen LogP contribution in [-0.2, 0) is 11.3 Å². The fraction of sp³-hybridized carbons (Fsp3) is 0.273. The molecule has 0 fully saturated rings. The van der Waals surface area contributed by atoms with Crippen molar-refractivity contribution in [1.29, 1.82) is 0 Å². The van der Waals surface area contributed by atoms with E-state index in [2.05, 4.69) is 22.5 Å². The van der Waals surface area contributed by atoms with Crippen molar-refractivity contribution in [2.75, 3.05) is 13.1 Å². The van der Waals surface area contributed by atoms with E-state index in [1.54, 1.807) is 24.3 Å². The molecule has 2 aromatic carbocycles. The summed E-state index contributed by atoms with van der Waals surface area (Å²) in [5.41, 5.74) is 9.91. The van der Waals surface area contributed by atoms with E-state index < -0.39 is 24.0 Å². The average Bonchev–Trinajstić information content (AvgIpc) is 2.76. The number of nitrogens with two attached hydrogens (primary N) is 1. The van der Waals surface area contributed by atoms with Crippen LogP contribution in [0.5, 0.6) is 0 Å². The van der Waals surface area contributed by atoms with Crippen LogP contribution in [0.3, 0.4) is 0 Å². The highest BCUT2D eigenvalue weighted by atomic mass is 16.5. The van der Waals surface area contributed by atoms with E-state index in [9.17, 15) is 14.7 Å². The Bertz CT molecular complexity index is 899. The zero-order valence-electron chi connectivity index (χ0n) is 16.7. The second-order valence-corrected chi connectivity index (χ2v) is 6.66. The first kappa shape index (κ1) is 23.1. The van der Waals surface area contributed by atoms with E-state index in [0.29, 0.717) is 12.1 Å². The van der Waals surface area contributed by atoms with Crippen LogP contribution >= 0.6 is 0 Å². The van der Waals surface area contributed by atoms with Crippen molar-refractivity contribution >= 4 is 11.8 Å². The molecular weight excluding hydrogens is 384 g/mol. The minimum atomic E-state index is -1.27. The number of aliphatic hydroxyl groups excluding tert-OH is 1. The quantitative estimate of drug-likeness (QED) is 0.158. The van der Waals surface area contributed by atoms with Gasteiger partial charge in [0.2, 0.25) is 0 Å². The van der Waals surface area contributed by atoms with E-state index >= 15 is 0 Å². The zero-order valence-corrected chi connectivity index (χ0v) is 16.7. The minimum absolute atomic E-state index is 0.297. The summed E-state index contributed by atoms with van der Waals surface area (Å²) >= 11 is 0. The fourth-order valence-corrected chi connectivity index (χ4v) is 2.59. The molecule has 0 aromatic heterocycles. The van der Waals surface area contributed by atoms with E-state index in [1.165, 1.54) is 12.4 Å². The van der Waals surface area contributed by atoms with E-state index in [0.717, 1.165) is 29.8 Å². The largest absolute Gasteiger partial charge is 0.391 e. The second-order valence-electron chi connectivity index (χ2n) is 6.66. The van der Waals surface area contributed by atoms with E-state index in [4.69, 9.17) is 10.9 Å².